The smallest absolute Gasteiger partial charge is 0.169 e. The van der Waals surface area contributed by atoms with Gasteiger partial charge in [-0.05, 0) is 81.5 Å². The average Bonchev–Trinajstić information content (AvgIpc) is 3.61. The molecule has 8 heteroatoms. The van der Waals surface area contributed by atoms with Gasteiger partial charge in [0.2, 0.25) is 0 Å². The Labute approximate surface area is 289 Å². The molecule has 2 aromatic heterocycles. The van der Waals surface area contributed by atoms with Gasteiger partial charge < -0.3 is 10.2 Å². The van der Waals surface area contributed by atoms with Gasteiger partial charge in [0.25, 0.3) is 0 Å². The Kier molecular flexibility index (Phi) is 8.39. The molecule has 6 rings (SSSR count). The highest BCUT2D eigenvalue weighted by Gasteiger charge is 2.34. The quantitative estimate of drug-likeness (QED) is 0.161. The Morgan fingerprint density at radius 1 is 0.653 bits per heavy atom. The average molecular weight is 659 g/mol. The van der Waals surface area contributed by atoms with Crippen LogP contribution < -0.4 is 0 Å². The first-order chi connectivity index (χ1) is 22.8. The number of hydrogen-bond acceptors (Lipinski definition) is 6. The van der Waals surface area contributed by atoms with Gasteiger partial charge >= 0.3 is 0 Å². The lowest BCUT2D eigenvalue weighted by molar-refractivity contribution is 0.246. The van der Waals surface area contributed by atoms with Crippen molar-refractivity contribution in [2.24, 2.45) is 16.2 Å². The zero-order valence-corrected chi connectivity index (χ0v) is 30.7. The molecular weight excluding hydrogens is 608 g/mol. The number of aromatic nitrogens is 6. The molecule has 5 aromatic rings. The summed E-state index contributed by atoms with van der Waals surface area (Å²) in [5.41, 5.74) is 10.8. The van der Waals surface area contributed by atoms with Crippen molar-refractivity contribution in [3.05, 3.63) is 94.4 Å². The molecule has 256 valence electrons. The molecule has 1 aliphatic rings. The Bertz CT molecular complexity index is 2090. The number of phenolic OH excluding ortho intramolecular Hbond substituents is 1. The normalized spacial score (nSPS) is 14.9. The second kappa shape index (κ2) is 12.0. The lowest BCUT2D eigenvalue weighted by Crippen LogP contribution is -2.26. The molecular formula is C41H50N6O2. The number of aliphatic hydroxyl groups is 1. The molecule has 49 heavy (non-hydrogen) atoms. The first-order valence-corrected chi connectivity index (χ1v) is 17.2. The van der Waals surface area contributed by atoms with Crippen molar-refractivity contribution >= 4 is 27.8 Å². The summed E-state index contributed by atoms with van der Waals surface area (Å²) in [4.78, 5) is 3.04. The van der Waals surface area contributed by atoms with Crippen LogP contribution in [0, 0.1) is 16.2 Å². The molecule has 0 saturated heterocycles. The molecule has 1 aliphatic carbocycles. The van der Waals surface area contributed by atoms with Crippen molar-refractivity contribution in [3.63, 3.8) is 0 Å². The summed E-state index contributed by atoms with van der Waals surface area (Å²) < 4.78 is 0. The van der Waals surface area contributed by atoms with Gasteiger partial charge in [0.15, 0.2) is 11.5 Å². The largest absolute Gasteiger partial charge is 0.505 e. The van der Waals surface area contributed by atoms with Crippen molar-refractivity contribution in [3.8, 4) is 11.4 Å². The van der Waals surface area contributed by atoms with E-state index in [1.54, 1.807) is 0 Å². The zero-order chi connectivity index (χ0) is 35.5. The molecule has 0 bridgehead atoms. The molecule has 3 aromatic carbocycles. The van der Waals surface area contributed by atoms with E-state index in [0.717, 1.165) is 51.6 Å². The van der Waals surface area contributed by atoms with Crippen LogP contribution in [0.4, 0.5) is 0 Å². The van der Waals surface area contributed by atoms with E-state index in [1.165, 1.54) is 9.59 Å². The van der Waals surface area contributed by atoms with Crippen LogP contribution in [0.25, 0.3) is 33.5 Å². The Balaban J connectivity index is 1.51. The molecule has 0 fully saturated rings. The van der Waals surface area contributed by atoms with Crippen LogP contribution in [-0.2, 0) is 11.8 Å². The second-order valence-corrected chi connectivity index (χ2v) is 17.5. The van der Waals surface area contributed by atoms with E-state index in [2.05, 4.69) is 81.0 Å². The Morgan fingerprint density at radius 3 is 1.61 bits per heavy atom. The van der Waals surface area contributed by atoms with E-state index in [1.807, 2.05) is 54.6 Å². The van der Waals surface area contributed by atoms with Gasteiger partial charge in [-0.2, -0.15) is 0 Å². The van der Waals surface area contributed by atoms with Crippen molar-refractivity contribution < 1.29 is 10.2 Å². The highest BCUT2D eigenvalue weighted by atomic mass is 16.3. The molecule has 8 nitrogen and oxygen atoms in total. The van der Waals surface area contributed by atoms with Crippen LogP contribution in [0.5, 0.6) is 5.75 Å². The number of phenols is 1. The monoisotopic (exact) mass is 658 g/mol. The van der Waals surface area contributed by atoms with Gasteiger partial charge in [0, 0.05) is 18.4 Å². The van der Waals surface area contributed by atoms with Gasteiger partial charge in [-0.25, -0.2) is 0 Å². The van der Waals surface area contributed by atoms with Crippen LogP contribution in [0.2, 0.25) is 0 Å². The molecule has 0 saturated carbocycles. The second-order valence-electron chi connectivity index (χ2n) is 17.5. The summed E-state index contributed by atoms with van der Waals surface area (Å²) in [6, 6.07) is 19.5. The van der Waals surface area contributed by atoms with Crippen LogP contribution in [0.15, 0.2) is 83.3 Å². The fourth-order valence-corrected chi connectivity index (χ4v) is 7.78. The zero-order valence-electron chi connectivity index (χ0n) is 30.7. The number of hydrogen-bond donors (Lipinski definition) is 2. The fourth-order valence-electron chi connectivity index (χ4n) is 7.78. The van der Waals surface area contributed by atoms with Crippen molar-refractivity contribution in [2.75, 3.05) is 0 Å². The maximum atomic E-state index is 12.0. The third-order valence-electron chi connectivity index (χ3n) is 9.32. The highest BCUT2D eigenvalue weighted by molar-refractivity contribution is 5.76. The summed E-state index contributed by atoms with van der Waals surface area (Å²) in [5.74, 6) is 0.174. The molecule has 0 aliphatic heterocycles. The van der Waals surface area contributed by atoms with Crippen LogP contribution >= 0.6 is 0 Å². The van der Waals surface area contributed by atoms with Crippen molar-refractivity contribution in [1.29, 1.82) is 0 Å². The Morgan fingerprint density at radius 2 is 1.12 bits per heavy atom. The minimum absolute atomic E-state index is 0.0702. The SMILES string of the molecule is CC(C)(C)CC(C)(C)C1=C=C(n2nc3ccccc3n2)C(O)=C(Cc2cc(C(C)(C)CC(C)(C)C)cc(-n3nc4ccccc4n3)c2O)C1. The van der Waals surface area contributed by atoms with Gasteiger partial charge in [-0.15, -0.1) is 30.0 Å². The van der Waals surface area contributed by atoms with E-state index in [-0.39, 0.29) is 33.2 Å². The van der Waals surface area contributed by atoms with Crippen molar-refractivity contribution in [1.82, 2.24) is 30.0 Å². The van der Waals surface area contributed by atoms with E-state index in [0.29, 0.717) is 29.8 Å². The summed E-state index contributed by atoms with van der Waals surface area (Å²) in [5, 5.41) is 42.9. The first-order valence-electron chi connectivity index (χ1n) is 17.2. The predicted molar refractivity (Wildman–Crippen MR) is 198 cm³/mol. The van der Waals surface area contributed by atoms with E-state index < -0.39 is 0 Å². The molecule has 2 N–H and O–H groups in total. The number of aliphatic hydroxyl groups excluding tert-OH is 1. The van der Waals surface area contributed by atoms with Crippen LogP contribution in [0.3, 0.4) is 0 Å². The summed E-state index contributed by atoms with van der Waals surface area (Å²) in [7, 11) is 0. The summed E-state index contributed by atoms with van der Waals surface area (Å²) in [6.07, 6.45) is 2.66. The van der Waals surface area contributed by atoms with Gasteiger partial charge in [-0.3, -0.25) is 0 Å². The Hall–Kier alpha value is -4.68. The predicted octanol–water partition coefficient (Wildman–Crippen LogP) is 9.87. The number of nitrogens with zero attached hydrogens (tertiary/aromatic N) is 6. The lowest BCUT2D eigenvalue weighted by Gasteiger charge is -2.35. The lowest BCUT2D eigenvalue weighted by atomic mass is 9.69. The van der Waals surface area contributed by atoms with E-state index in [4.69, 9.17) is 20.4 Å². The minimum atomic E-state index is -0.231. The number of allylic oxidation sites excluding steroid dienone is 2. The van der Waals surface area contributed by atoms with E-state index >= 15 is 0 Å². The standard InChI is InChI=1S/C41H50N6O2/c1-38(2,3)24-40(7,8)28-20-26(36(48)34(22-28)46-42-30-15-11-12-16-31(30)43-46)19-27-21-29(41(9,10)25-39(4,5)6)23-35(37(27)49)47-44-32-17-13-14-18-33(32)45-47/h11-18,20,22,48-49H,19,21,24-25H2,1-10H3. The molecule has 0 unspecified atom stereocenters. The van der Waals surface area contributed by atoms with Crippen LogP contribution in [-0.4, -0.2) is 40.2 Å². The number of rotatable bonds is 8. The molecule has 0 amide bonds. The van der Waals surface area contributed by atoms with Crippen molar-refractivity contribution in [2.45, 2.75) is 100 Å². The topological polar surface area (TPSA) is 102 Å². The maximum absolute atomic E-state index is 12.0. The fraction of sp³-hybridized carbons (Fsp3) is 0.439. The maximum Gasteiger partial charge on any atom is 0.169 e. The highest BCUT2D eigenvalue weighted by Crippen LogP contribution is 2.45. The molecule has 0 spiro atoms. The van der Waals surface area contributed by atoms with Gasteiger partial charge in [0.05, 0.1) is 0 Å². The van der Waals surface area contributed by atoms with Gasteiger partial charge in [0.1, 0.15) is 33.5 Å². The van der Waals surface area contributed by atoms with E-state index in [9.17, 15) is 10.2 Å². The minimum Gasteiger partial charge on any atom is -0.505 e. The molecule has 0 radical (unpaired) electrons. The number of benzene rings is 3. The number of fused-ring (bicyclic) bond motifs is 2. The third kappa shape index (κ3) is 7.20. The third-order valence-corrected chi connectivity index (χ3v) is 9.32. The number of aromatic hydroxyl groups is 1. The van der Waals surface area contributed by atoms with Gasteiger partial charge in [-0.1, -0.05) is 105 Å². The molecule has 2 heterocycles. The summed E-state index contributed by atoms with van der Waals surface area (Å²) >= 11 is 0. The summed E-state index contributed by atoms with van der Waals surface area (Å²) in [6.45, 7) is 22.4. The van der Waals surface area contributed by atoms with Crippen LogP contribution in [0.1, 0.15) is 99.6 Å². The molecule has 0 atom stereocenters. The first kappa shape index (κ1) is 34.2.